The highest BCUT2D eigenvalue weighted by Gasteiger charge is 2.21. The van der Waals surface area contributed by atoms with Gasteiger partial charge in [0.25, 0.3) is 0 Å². The zero-order valence-corrected chi connectivity index (χ0v) is 15.3. The summed E-state index contributed by atoms with van der Waals surface area (Å²) in [5, 5.41) is 7.69. The van der Waals surface area contributed by atoms with Crippen LogP contribution in [0.5, 0.6) is 0 Å². The van der Waals surface area contributed by atoms with Gasteiger partial charge in [0.2, 0.25) is 5.91 Å². The molecule has 24 heavy (non-hydrogen) atoms. The molecule has 0 bridgehead atoms. The normalized spacial score (nSPS) is 23.3. The van der Waals surface area contributed by atoms with Gasteiger partial charge in [-0.1, -0.05) is 25.7 Å². The van der Waals surface area contributed by atoms with E-state index in [0.717, 1.165) is 24.3 Å². The smallest absolute Gasteiger partial charge is 0.225 e. The molecule has 1 atom stereocenters. The Hall–Kier alpha value is -1.36. The van der Waals surface area contributed by atoms with Crippen LogP contribution in [0.15, 0.2) is 6.20 Å². The lowest BCUT2D eigenvalue weighted by Gasteiger charge is -2.32. The first-order chi connectivity index (χ1) is 11.6. The number of nitrogens with one attached hydrogen (secondary N) is 1. The average Bonchev–Trinajstić information content (AvgIpc) is 2.96. The van der Waals surface area contributed by atoms with Crippen LogP contribution in [0.1, 0.15) is 75.8 Å². The van der Waals surface area contributed by atoms with E-state index in [9.17, 15) is 4.79 Å². The molecule has 0 aromatic carbocycles. The standard InChI is InChI=1S/C19H32N4O/c1-15-14-23(17-9-4-3-5-10-17)21-19(15)20-18(24)12-11-16-8-6-7-13-22(16)2/h14,16-17H,3-13H2,1-2H3,(H,20,21,24). The van der Waals surface area contributed by atoms with Crippen molar-refractivity contribution < 1.29 is 4.79 Å². The third-order valence-corrected chi connectivity index (χ3v) is 5.75. The lowest BCUT2D eigenvalue weighted by atomic mass is 9.96. The number of aryl methyl sites for hydroxylation is 1. The SMILES string of the molecule is Cc1cn(C2CCCCC2)nc1NC(=O)CCC1CCCCN1C. The fourth-order valence-corrected chi connectivity index (χ4v) is 4.14. The zero-order valence-electron chi connectivity index (χ0n) is 15.3. The van der Waals surface area contributed by atoms with E-state index in [1.165, 1.54) is 51.4 Å². The van der Waals surface area contributed by atoms with Crippen molar-refractivity contribution in [3.8, 4) is 0 Å². The molecule has 5 heteroatoms. The molecule has 1 saturated carbocycles. The fraction of sp³-hybridized carbons (Fsp3) is 0.789. The van der Waals surface area contributed by atoms with Gasteiger partial charge in [0.1, 0.15) is 0 Å². The third-order valence-electron chi connectivity index (χ3n) is 5.75. The summed E-state index contributed by atoms with van der Waals surface area (Å²) in [6.45, 7) is 3.20. The van der Waals surface area contributed by atoms with E-state index in [1.807, 2.05) is 6.92 Å². The third kappa shape index (κ3) is 4.38. The second-order valence-corrected chi connectivity index (χ2v) is 7.65. The molecule has 1 N–H and O–H groups in total. The Labute approximate surface area is 145 Å². The van der Waals surface area contributed by atoms with Crippen molar-refractivity contribution in [3.05, 3.63) is 11.8 Å². The number of carbonyl (C=O) groups excluding carboxylic acids is 1. The van der Waals surface area contributed by atoms with Crippen molar-refractivity contribution in [1.29, 1.82) is 0 Å². The second kappa shape index (κ2) is 8.15. The van der Waals surface area contributed by atoms with Gasteiger partial charge in [-0.2, -0.15) is 5.10 Å². The van der Waals surface area contributed by atoms with Crippen LogP contribution in [0.4, 0.5) is 5.82 Å². The van der Waals surface area contributed by atoms with Crippen molar-refractivity contribution >= 4 is 11.7 Å². The van der Waals surface area contributed by atoms with E-state index >= 15 is 0 Å². The first-order valence-corrected chi connectivity index (χ1v) is 9.69. The van der Waals surface area contributed by atoms with Gasteiger partial charge in [0, 0.05) is 24.2 Å². The number of rotatable bonds is 5. The van der Waals surface area contributed by atoms with Crippen LogP contribution in [0, 0.1) is 6.92 Å². The summed E-state index contributed by atoms with van der Waals surface area (Å²) < 4.78 is 2.08. The van der Waals surface area contributed by atoms with Gasteiger partial charge in [-0.15, -0.1) is 0 Å². The molecule has 1 unspecified atom stereocenters. The molecule has 0 spiro atoms. The number of hydrogen-bond acceptors (Lipinski definition) is 3. The molecule has 1 saturated heterocycles. The van der Waals surface area contributed by atoms with E-state index < -0.39 is 0 Å². The van der Waals surface area contributed by atoms with Crippen molar-refractivity contribution in [1.82, 2.24) is 14.7 Å². The van der Waals surface area contributed by atoms with Crippen LogP contribution in [-0.2, 0) is 4.79 Å². The molecular weight excluding hydrogens is 300 g/mol. The van der Waals surface area contributed by atoms with Crippen LogP contribution in [0.2, 0.25) is 0 Å². The Morgan fingerprint density at radius 3 is 2.71 bits per heavy atom. The summed E-state index contributed by atoms with van der Waals surface area (Å²) in [5.41, 5.74) is 1.07. The van der Waals surface area contributed by atoms with Gasteiger partial charge in [0.05, 0.1) is 6.04 Å². The predicted molar refractivity (Wildman–Crippen MR) is 97.2 cm³/mol. The molecular formula is C19H32N4O. The minimum atomic E-state index is 0.103. The predicted octanol–water partition coefficient (Wildman–Crippen LogP) is 3.90. The number of aromatic nitrogens is 2. The van der Waals surface area contributed by atoms with E-state index in [1.54, 1.807) is 0 Å². The fourth-order valence-electron chi connectivity index (χ4n) is 4.14. The van der Waals surface area contributed by atoms with Gasteiger partial charge in [-0.25, -0.2) is 0 Å². The largest absolute Gasteiger partial charge is 0.309 e. The second-order valence-electron chi connectivity index (χ2n) is 7.65. The Bertz CT molecular complexity index is 548. The van der Waals surface area contributed by atoms with Crippen molar-refractivity contribution in [2.45, 2.75) is 83.2 Å². The highest BCUT2D eigenvalue weighted by Crippen LogP contribution is 2.29. The molecule has 2 aliphatic rings. The van der Waals surface area contributed by atoms with Gasteiger partial charge < -0.3 is 10.2 Å². The first kappa shape index (κ1) is 17.5. The summed E-state index contributed by atoms with van der Waals surface area (Å²) in [4.78, 5) is 14.7. The molecule has 2 fully saturated rings. The van der Waals surface area contributed by atoms with E-state index in [0.29, 0.717) is 18.5 Å². The Morgan fingerprint density at radius 2 is 1.96 bits per heavy atom. The Morgan fingerprint density at radius 1 is 1.21 bits per heavy atom. The number of nitrogens with zero attached hydrogens (tertiary/aromatic N) is 3. The van der Waals surface area contributed by atoms with Gasteiger partial charge in [0.15, 0.2) is 5.82 Å². The summed E-state index contributed by atoms with van der Waals surface area (Å²) in [6.07, 6.45) is 13.8. The maximum absolute atomic E-state index is 12.3. The lowest BCUT2D eigenvalue weighted by Crippen LogP contribution is -2.36. The summed E-state index contributed by atoms with van der Waals surface area (Å²) in [5.74, 6) is 0.855. The van der Waals surface area contributed by atoms with Gasteiger partial charge in [-0.05, 0) is 52.6 Å². The molecule has 1 aliphatic carbocycles. The van der Waals surface area contributed by atoms with Crippen molar-refractivity contribution in [2.75, 3.05) is 18.9 Å². The lowest BCUT2D eigenvalue weighted by molar-refractivity contribution is -0.116. The molecule has 5 nitrogen and oxygen atoms in total. The molecule has 1 amide bonds. The Balaban J connectivity index is 1.51. The number of anilines is 1. The number of hydrogen-bond donors (Lipinski definition) is 1. The number of carbonyl (C=O) groups is 1. The summed E-state index contributed by atoms with van der Waals surface area (Å²) in [7, 11) is 2.18. The molecule has 1 aromatic rings. The van der Waals surface area contributed by atoms with Crippen LogP contribution < -0.4 is 5.32 Å². The molecule has 2 heterocycles. The molecule has 0 radical (unpaired) electrons. The first-order valence-electron chi connectivity index (χ1n) is 9.69. The highest BCUT2D eigenvalue weighted by molar-refractivity contribution is 5.90. The van der Waals surface area contributed by atoms with E-state index in [4.69, 9.17) is 0 Å². The topological polar surface area (TPSA) is 50.2 Å². The maximum Gasteiger partial charge on any atom is 0.225 e. The average molecular weight is 332 g/mol. The van der Waals surface area contributed by atoms with E-state index in [-0.39, 0.29) is 5.91 Å². The maximum atomic E-state index is 12.3. The van der Waals surface area contributed by atoms with Gasteiger partial charge >= 0.3 is 0 Å². The molecule has 1 aliphatic heterocycles. The number of amides is 1. The van der Waals surface area contributed by atoms with Crippen LogP contribution in [0.25, 0.3) is 0 Å². The molecule has 3 rings (SSSR count). The Kier molecular flexibility index (Phi) is 5.93. The number of piperidine rings is 1. The minimum absolute atomic E-state index is 0.103. The van der Waals surface area contributed by atoms with Gasteiger partial charge in [-0.3, -0.25) is 9.48 Å². The van der Waals surface area contributed by atoms with Crippen LogP contribution >= 0.6 is 0 Å². The monoisotopic (exact) mass is 332 g/mol. The highest BCUT2D eigenvalue weighted by atomic mass is 16.1. The van der Waals surface area contributed by atoms with Crippen LogP contribution in [-0.4, -0.2) is 40.2 Å². The van der Waals surface area contributed by atoms with E-state index in [2.05, 4.69) is 33.2 Å². The zero-order chi connectivity index (χ0) is 16.9. The summed E-state index contributed by atoms with van der Waals surface area (Å²) >= 11 is 0. The molecule has 134 valence electrons. The number of likely N-dealkylation sites (tertiary alicyclic amines) is 1. The van der Waals surface area contributed by atoms with Crippen LogP contribution in [0.3, 0.4) is 0 Å². The molecule has 1 aromatic heterocycles. The quantitative estimate of drug-likeness (QED) is 0.889. The minimum Gasteiger partial charge on any atom is -0.309 e. The summed E-state index contributed by atoms with van der Waals surface area (Å²) in [6, 6.07) is 1.07. The van der Waals surface area contributed by atoms with Crippen molar-refractivity contribution in [2.24, 2.45) is 0 Å². The van der Waals surface area contributed by atoms with Crippen molar-refractivity contribution in [3.63, 3.8) is 0 Å².